The molecule has 0 aromatic carbocycles. The van der Waals surface area contributed by atoms with Crippen LogP contribution in [0.15, 0.2) is 12.3 Å². The normalized spacial score (nSPS) is 9.12. The second-order valence-electron chi connectivity index (χ2n) is 1.38. The quantitative estimate of drug-likeness (QED) is 0.582. The fourth-order valence-electron chi connectivity index (χ4n) is 0.501. The number of methoxy groups -OCH3 is 1. The van der Waals surface area contributed by atoms with Gasteiger partial charge in [0.15, 0.2) is 5.75 Å². The summed E-state index contributed by atoms with van der Waals surface area (Å²) in [5.74, 6) is 0.192. The van der Waals surface area contributed by atoms with Crippen molar-refractivity contribution in [2.75, 3.05) is 7.11 Å². The molecule has 0 amide bonds. The number of rotatable bonds is 1. The van der Waals surface area contributed by atoms with Crippen molar-refractivity contribution in [3.63, 3.8) is 0 Å². The van der Waals surface area contributed by atoms with E-state index < -0.39 is 0 Å². The fraction of sp³-hybridized carbons (Fsp3) is 0.200. The summed E-state index contributed by atoms with van der Waals surface area (Å²) in [6.45, 7) is 0. The Morgan fingerprint density at radius 3 is 2.75 bits per heavy atom. The maximum Gasteiger partial charge on any atom is 0.290 e. The van der Waals surface area contributed by atoms with Crippen molar-refractivity contribution in [1.29, 1.82) is 0 Å². The Balaban J connectivity index is 2.92. The van der Waals surface area contributed by atoms with Gasteiger partial charge in [-0.1, -0.05) is 0 Å². The van der Waals surface area contributed by atoms with E-state index in [0.29, 0.717) is 5.75 Å². The maximum atomic E-state index is 10.5. The van der Waals surface area contributed by atoms with Crippen LogP contribution >= 0.6 is 0 Å². The van der Waals surface area contributed by atoms with Gasteiger partial charge in [0.1, 0.15) is 0 Å². The van der Waals surface area contributed by atoms with E-state index in [0.717, 1.165) is 0 Å². The molecule has 0 unspecified atom stereocenters. The molecule has 1 radical (unpaired) electrons. The van der Waals surface area contributed by atoms with Gasteiger partial charge in [-0.2, -0.15) is 0 Å². The molecule has 1 heterocycles. The Morgan fingerprint density at radius 1 is 1.75 bits per heavy atom. The first-order chi connectivity index (χ1) is 3.84. The van der Waals surface area contributed by atoms with Crippen LogP contribution in [0.4, 0.5) is 0 Å². The molecule has 0 saturated heterocycles. The molecule has 1 aromatic heterocycles. The van der Waals surface area contributed by atoms with Crippen LogP contribution in [-0.2, 0) is 5.11 Å². The largest absolute Gasteiger partial charge is 0.491 e. The van der Waals surface area contributed by atoms with Crippen molar-refractivity contribution in [3.8, 4) is 11.6 Å². The monoisotopic (exact) mass is 112 g/mol. The van der Waals surface area contributed by atoms with Crippen LogP contribution in [0.1, 0.15) is 0 Å². The van der Waals surface area contributed by atoms with E-state index in [-0.39, 0.29) is 5.88 Å². The minimum Gasteiger partial charge on any atom is -0.491 e. The van der Waals surface area contributed by atoms with E-state index in [2.05, 4.69) is 9.72 Å². The average Bonchev–Trinajstić information content (AvgIpc) is 2.14. The molecule has 0 saturated carbocycles. The Hall–Kier alpha value is -1.12. The third-order valence-electron chi connectivity index (χ3n) is 0.893. The smallest absolute Gasteiger partial charge is 0.290 e. The summed E-state index contributed by atoms with van der Waals surface area (Å²) in [6.07, 6.45) is 1.54. The Bertz CT molecular complexity index is 171. The van der Waals surface area contributed by atoms with Gasteiger partial charge in [0.25, 0.3) is 5.88 Å². The molecule has 1 N–H and O–H groups in total. The van der Waals surface area contributed by atoms with E-state index in [4.69, 9.17) is 0 Å². The van der Waals surface area contributed by atoms with Gasteiger partial charge in [-0.15, -0.1) is 0 Å². The highest BCUT2D eigenvalue weighted by molar-refractivity contribution is 5.31. The van der Waals surface area contributed by atoms with Crippen LogP contribution in [0.25, 0.3) is 0 Å². The zero-order valence-corrected chi connectivity index (χ0v) is 4.47. The first-order valence-electron chi connectivity index (χ1n) is 2.23. The summed E-state index contributed by atoms with van der Waals surface area (Å²) in [5, 5.41) is 10.5. The number of ether oxygens (including phenoxy) is 1. The first kappa shape index (κ1) is 5.03. The Morgan fingerprint density at radius 2 is 2.50 bits per heavy atom. The average molecular weight is 112 g/mol. The van der Waals surface area contributed by atoms with E-state index in [1.165, 1.54) is 7.11 Å². The highest BCUT2D eigenvalue weighted by atomic mass is 16.5. The third-order valence-corrected chi connectivity index (χ3v) is 0.893. The summed E-state index contributed by atoms with van der Waals surface area (Å²) < 4.78 is 4.64. The van der Waals surface area contributed by atoms with E-state index in [1.54, 1.807) is 12.3 Å². The molecular weight excluding hydrogens is 106 g/mol. The molecule has 0 bridgehead atoms. The lowest BCUT2D eigenvalue weighted by molar-refractivity contribution is 0.305. The van der Waals surface area contributed by atoms with Gasteiger partial charge in [0.2, 0.25) is 0 Å². The molecule has 0 fully saturated rings. The SMILES string of the molecule is COc1cc[nH]c1[O]. The van der Waals surface area contributed by atoms with Crippen LogP contribution in [0.3, 0.4) is 0 Å². The predicted molar refractivity (Wildman–Crippen MR) is 27.5 cm³/mol. The van der Waals surface area contributed by atoms with Gasteiger partial charge in [0, 0.05) is 12.3 Å². The molecule has 0 aliphatic heterocycles. The molecule has 8 heavy (non-hydrogen) atoms. The van der Waals surface area contributed by atoms with Crippen LogP contribution in [0.2, 0.25) is 0 Å². The van der Waals surface area contributed by atoms with Gasteiger partial charge < -0.3 is 9.72 Å². The van der Waals surface area contributed by atoms with Crippen molar-refractivity contribution >= 4 is 0 Å². The second kappa shape index (κ2) is 1.78. The van der Waals surface area contributed by atoms with Gasteiger partial charge >= 0.3 is 0 Å². The lowest BCUT2D eigenvalue weighted by Crippen LogP contribution is -1.76. The highest BCUT2D eigenvalue weighted by Crippen LogP contribution is 2.22. The number of nitrogens with one attached hydrogen (secondary N) is 1. The molecule has 0 atom stereocenters. The van der Waals surface area contributed by atoms with Gasteiger partial charge in [-0.3, -0.25) is 5.11 Å². The highest BCUT2D eigenvalue weighted by Gasteiger charge is 1.99. The number of aromatic nitrogens is 1. The van der Waals surface area contributed by atoms with E-state index in [9.17, 15) is 5.11 Å². The molecule has 0 aliphatic rings. The zero-order valence-electron chi connectivity index (χ0n) is 4.47. The minimum absolute atomic E-state index is 0.174. The number of H-pyrrole nitrogens is 1. The summed E-state index contributed by atoms with van der Waals surface area (Å²) in [5.41, 5.74) is 0. The molecule has 43 valence electrons. The summed E-state index contributed by atoms with van der Waals surface area (Å²) >= 11 is 0. The number of hydrogen-bond donors (Lipinski definition) is 1. The Labute approximate surface area is 46.9 Å². The second-order valence-corrected chi connectivity index (χ2v) is 1.38. The van der Waals surface area contributed by atoms with Crippen molar-refractivity contribution in [3.05, 3.63) is 12.3 Å². The molecule has 1 rings (SSSR count). The van der Waals surface area contributed by atoms with Crippen molar-refractivity contribution in [2.45, 2.75) is 0 Å². The van der Waals surface area contributed by atoms with Crippen LogP contribution < -0.4 is 4.74 Å². The van der Waals surface area contributed by atoms with Crippen molar-refractivity contribution < 1.29 is 9.84 Å². The summed E-state index contributed by atoms with van der Waals surface area (Å²) in [4.78, 5) is 2.44. The van der Waals surface area contributed by atoms with Gasteiger partial charge in [-0.05, 0) is 0 Å². The zero-order chi connectivity index (χ0) is 5.98. The van der Waals surface area contributed by atoms with Crippen molar-refractivity contribution in [1.82, 2.24) is 4.98 Å². The molecule has 3 nitrogen and oxygen atoms in total. The van der Waals surface area contributed by atoms with E-state index >= 15 is 0 Å². The molecular formula is C5H6NO2. The summed E-state index contributed by atoms with van der Waals surface area (Å²) in [6, 6.07) is 1.59. The first-order valence-corrected chi connectivity index (χ1v) is 2.23. The Kier molecular flexibility index (Phi) is 1.12. The van der Waals surface area contributed by atoms with Crippen LogP contribution in [-0.4, -0.2) is 12.1 Å². The maximum absolute atomic E-state index is 10.5. The lowest BCUT2D eigenvalue weighted by Gasteiger charge is -1.89. The van der Waals surface area contributed by atoms with Crippen molar-refractivity contribution in [2.24, 2.45) is 0 Å². The molecule has 0 aliphatic carbocycles. The number of hydrogen-bond acceptors (Lipinski definition) is 1. The predicted octanol–water partition coefficient (Wildman–Crippen LogP) is 1.17. The molecule has 3 heteroatoms. The third kappa shape index (κ3) is 0.621. The lowest BCUT2D eigenvalue weighted by atomic mass is 10.6. The standard InChI is InChI=1S/C5H6NO2/c1-8-4-2-3-6-5(4)7/h2-3,6H,1H3. The molecule has 1 aromatic rings. The number of aromatic amines is 1. The van der Waals surface area contributed by atoms with Crippen LogP contribution in [0, 0.1) is 0 Å². The van der Waals surface area contributed by atoms with Crippen LogP contribution in [0.5, 0.6) is 11.6 Å². The fourth-order valence-corrected chi connectivity index (χ4v) is 0.501. The van der Waals surface area contributed by atoms with Gasteiger partial charge in [-0.25, -0.2) is 0 Å². The molecule has 0 spiro atoms. The van der Waals surface area contributed by atoms with E-state index in [1.807, 2.05) is 0 Å². The topological polar surface area (TPSA) is 44.9 Å². The summed E-state index contributed by atoms with van der Waals surface area (Å²) in [7, 11) is 1.46. The van der Waals surface area contributed by atoms with Gasteiger partial charge in [0.05, 0.1) is 7.11 Å². The minimum atomic E-state index is -0.174.